The maximum absolute atomic E-state index is 12.1. The molecule has 0 atom stereocenters. The number of halogens is 1. The number of ketones is 1. The predicted octanol–water partition coefficient (Wildman–Crippen LogP) is 3.87. The minimum atomic E-state index is 0. The first kappa shape index (κ1) is 16.2. The van der Waals surface area contributed by atoms with Gasteiger partial charge in [-0.05, 0) is 32.9 Å². The van der Waals surface area contributed by atoms with Gasteiger partial charge in [0.05, 0.1) is 0 Å². The zero-order valence-corrected chi connectivity index (χ0v) is 12.5. The molecule has 0 amide bonds. The zero-order chi connectivity index (χ0) is 12.8. The van der Waals surface area contributed by atoms with Gasteiger partial charge in [0.1, 0.15) is 0 Å². The number of rotatable bonds is 4. The molecule has 0 unspecified atom stereocenters. The third-order valence-electron chi connectivity index (χ3n) is 3.73. The van der Waals surface area contributed by atoms with Gasteiger partial charge in [0.15, 0.2) is 5.78 Å². The molecule has 1 aliphatic rings. The molecule has 0 bridgehead atoms. The zero-order valence-electron chi connectivity index (χ0n) is 11.7. The topological polar surface area (TPSA) is 20.3 Å². The number of Topliss-reactive ketones (excluding diaryl/α,β-unsaturated/α-hetero) is 1. The fourth-order valence-corrected chi connectivity index (χ4v) is 2.50. The molecule has 0 aliphatic carbocycles. The third kappa shape index (κ3) is 5.33. The van der Waals surface area contributed by atoms with Gasteiger partial charge in [-0.25, -0.2) is 0 Å². The summed E-state index contributed by atoms with van der Waals surface area (Å²) in [6.45, 7) is 5.31. The third-order valence-corrected chi connectivity index (χ3v) is 3.73. The lowest BCUT2D eigenvalue weighted by atomic mass is 10.1. The van der Waals surface area contributed by atoms with E-state index in [0.29, 0.717) is 6.42 Å². The lowest BCUT2D eigenvalue weighted by molar-refractivity contribution is 0.0965. The fraction of sp³-hybridized carbons (Fsp3) is 0.562. The highest BCUT2D eigenvalue weighted by Gasteiger charge is 2.11. The Bertz CT molecular complexity index is 380. The summed E-state index contributed by atoms with van der Waals surface area (Å²) < 4.78 is 0. The van der Waals surface area contributed by atoms with Crippen LogP contribution >= 0.6 is 12.4 Å². The summed E-state index contributed by atoms with van der Waals surface area (Å²) in [6, 6.07) is 7.92. The first-order valence-corrected chi connectivity index (χ1v) is 7.08. The predicted molar refractivity (Wildman–Crippen MR) is 82.3 cm³/mol. The van der Waals surface area contributed by atoms with Crippen LogP contribution in [-0.4, -0.2) is 30.3 Å². The number of benzene rings is 1. The normalized spacial score (nSPS) is 16.5. The average molecular weight is 282 g/mol. The van der Waals surface area contributed by atoms with Gasteiger partial charge in [-0.1, -0.05) is 42.7 Å². The quantitative estimate of drug-likeness (QED) is 0.781. The van der Waals surface area contributed by atoms with Crippen LogP contribution in [0.5, 0.6) is 0 Å². The molecular formula is C16H24ClNO. The Kier molecular flexibility index (Phi) is 7.11. The summed E-state index contributed by atoms with van der Waals surface area (Å²) in [6.07, 6.45) is 5.94. The summed E-state index contributed by atoms with van der Waals surface area (Å²) in [5, 5.41) is 0. The van der Waals surface area contributed by atoms with E-state index >= 15 is 0 Å². The van der Waals surface area contributed by atoms with Crippen LogP contribution in [0.3, 0.4) is 0 Å². The van der Waals surface area contributed by atoms with Crippen LogP contribution in [0.25, 0.3) is 0 Å². The van der Waals surface area contributed by atoms with Crippen molar-refractivity contribution in [2.24, 2.45) is 0 Å². The molecule has 2 nitrogen and oxygen atoms in total. The number of hydrogen-bond acceptors (Lipinski definition) is 2. The van der Waals surface area contributed by atoms with Crippen LogP contribution < -0.4 is 0 Å². The Morgan fingerprint density at radius 3 is 2.21 bits per heavy atom. The lowest BCUT2D eigenvalue weighted by Crippen LogP contribution is -2.27. The van der Waals surface area contributed by atoms with Crippen LogP contribution in [0.15, 0.2) is 24.3 Å². The number of aryl methyl sites for hydroxylation is 1. The van der Waals surface area contributed by atoms with Crippen LogP contribution in [0.2, 0.25) is 0 Å². The largest absolute Gasteiger partial charge is 0.303 e. The van der Waals surface area contributed by atoms with Crippen molar-refractivity contribution in [3.63, 3.8) is 0 Å². The first-order valence-electron chi connectivity index (χ1n) is 7.08. The second-order valence-corrected chi connectivity index (χ2v) is 5.30. The Balaban J connectivity index is 0.00000180. The van der Waals surface area contributed by atoms with E-state index in [0.717, 1.165) is 12.1 Å². The molecule has 3 heteroatoms. The van der Waals surface area contributed by atoms with Crippen LogP contribution in [0, 0.1) is 6.92 Å². The van der Waals surface area contributed by atoms with Gasteiger partial charge in [-0.3, -0.25) is 4.79 Å². The van der Waals surface area contributed by atoms with E-state index in [2.05, 4.69) is 4.90 Å². The molecule has 1 aromatic rings. The number of carbonyl (C=O) groups excluding carboxylic acids is 1. The number of nitrogens with zero attached hydrogens (tertiary/aromatic N) is 1. The van der Waals surface area contributed by atoms with Crippen molar-refractivity contribution in [2.75, 3.05) is 19.6 Å². The molecule has 1 aromatic carbocycles. The summed E-state index contributed by atoms with van der Waals surface area (Å²) in [5.41, 5.74) is 2.06. The number of likely N-dealkylation sites (tertiary alicyclic amines) is 1. The minimum Gasteiger partial charge on any atom is -0.303 e. The van der Waals surface area contributed by atoms with Gasteiger partial charge in [-0.2, -0.15) is 0 Å². The second kappa shape index (κ2) is 8.34. The van der Waals surface area contributed by atoms with Crippen LogP contribution in [0.4, 0.5) is 0 Å². The molecule has 106 valence electrons. The van der Waals surface area contributed by atoms with Crippen molar-refractivity contribution in [3.05, 3.63) is 35.4 Å². The SMILES string of the molecule is Cc1ccc(C(=O)CCN2CCCCCC2)cc1.Cl. The van der Waals surface area contributed by atoms with E-state index in [-0.39, 0.29) is 18.2 Å². The Labute approximate surface area is 122 Å². The maximum Gasteiger partial charge on any atom is 0.164 e. The van der Waals surface area contributed by atoms with Crippen molar-refractivity contribution >= 4 is 18.2 Å². The summed E-state index contributed by atoms with van der Waals surface area (Å²) >= 11 is 0. The van der Waals surface area contributed by atoms with Crippen molar-refractivity contribution in [2.45, 2.75) is 39.0 Å². The molecule has 0 spiro atoms. The van der Waals surface area contributed by atoms with Gasteiger partial charge in [0.2, 0.25) is 0 Å². The first-order chi connectivity index (χ1) is 8.75. The smallest absolute Gasteiger partial charge is 0.164 e. The Hall–Kier alpha value is -0.860. The average Bonchev–Trinajstić information content (AvgIpc) is 2.65. The van der Waals surface area contributed by atoms with Crippen molar-refractivity contribution in [1.82, 2.24) is 4.90 Å². The molecule has 0 N–H and O–H groups in total. The Morgan fingerprint density at radius 1 is 1.05 bits per heavy atom. The van der Waals surface area contributed by atoms with Gasteiger partial charge in [-0.15, -0.1) is 12.4 Å². The molecule has 1 heterocycles. The standard InChI is InChI=1S/C16H23NO.ClH/c1-14-6-8-15(9-7-14)16(18)10-13-17-11-4-2-3-5-12-17;/h6-9H,2-5,10-13H2,1H3;1H. The minimum absolute atomic E-state index is 0. The van der Waals surface area contributed by atoms with E-state index in [1.807, 2.05) is 31.2 Å². The Morgan fingerprint density at radius 2 is 1.63 bits per heavy atom. The molecule has 0 radical (unpaired) electrons. The van der Waals surface area contributed by atoms with Gasteiger partial charge in [0, 0.05) is 18.5 Å². The van der Waals surface area contributed by atoms with Gasteiger partial charge in [0.25, 0.3) is 0 Å². The van der Waals surface area contributed by atoms with E-state index < -0.39 is 0 Å². The maximum atomic E-state index is 12.1. The lowest BCUT2D eigenvalue weighted by Gasteiger charge is -2.18. The van der Waals surface area contributed by atoms with E-state index in [9.17, 15) is 4.79 Å². The molecule has 1 aliphatic heterocycles. The van der Waals surface area contributed by atoms with E-state index in [1.54, 1.807) is 0 Å². The van der Waals surface area contributed by atoms with E-state index in [1.165, 1.54) is 44.3 Å². The van der Waals surface area contributed by atoms with Crippen molar-refractivity contribution < 1.29 is 4.79 Å². The molecule has 19 heavy (non-hydrogen) atoms. The summed E-state index contributed by atoms with van der Waals surface area (Å²) in [5.74, 6) is 0.277. The fourth-order valence-electron chi connectivity index (χ4n) is 2.50. The van der Waals surface area contributed by atoms with Gasteiger partial charge >= 0.3 is 0 Å². The molecule has 0 aromatic heterocycles. The summed E-state index contributed by atoms with van der Waals surface area (Å²) in [4.78, 5) is 14.5. The van der Waals surface area contributed by atoms with Crippen molar-refractivity contribution in [1.29, 1.82) is 0 Å². The van der Waals surface area contributed by atoms with Gasteiger partial charge < -0.3 is 4.90 Å². The number of hydrogen-bond donors (Lipinski definition) is 0. The van der Waals surface area contributed by atoms with Crippen molar-refractivity contribution in [3.8, 4) is 0 Å². The summed E-state index contributed by atoms with van der Waals surface area (Å²) in [7, 11) is 0. The molecular weight excluding hydrogens is 258 g/mol. The second-order valence-electron chi connectivity index (χ2n) is 5.30. The highest BCUT2D eigenvalue weighted by Crippen LogP contribution is 2.11. The molecule has 1 saturated heterocycles. The molecule has 1 fully saturated rings. The van der Waals surface area contributed by atoms with E-state index in [4.69, 9.17) is 0 Å². The van der Waals surface area contributed by atoms with Crippen LogP contribution in [-0.2, 0) is 0 Å². The molecule has 2 rings (SSSR count). The highest BCUT2D eigenvalue weighted by atomic mass is 35.5. The monoisotopic (exact) mass is 281 g/mol. The number of carbonyl (C=O) groups is 1. The highest BCUT2D eigenvalue weighted by molar-refractivity contribution is 5.96. The van der Waals surface area contributed by atoms with Crippen LogP contribution in [0.1, 0.15) is 48.0 Å². The molecule has 0 saturated carbocycles.